The van der Waals surface area contributed by atoms with Gasteiger partial charge in [-0.15, -0.1) is 0 Å². The highest BCUT2D eigenvalue weighted by atomic mass is 19.1. The summed E-state index contributed by atoms with van der Waals surface area (Å²) in [4.78, 5) is 23.2. The van der Waals surface area contributed by atoms with Crippen molar-refractivity contribution in [1.29, 1.82) is 0 Å². The van der Waals surface area contributed by atoms with E-state index < -0.39 is 5.82 Å². The SMILES string of the molecule is CCc1ccc([C@@H](C)NC(=O)CNc2ccc(F)c(NC(C)=O)c2)cc1. The van der Waals surface area contributed by atoms with E-state index in [-0.39, 0.29) is 30.1 Å². The predicted molar refractivity (Wildman–Crippen MR) is 102 cm³/mol. The third-order valence-corrected chi connectivity index (χ3v) is 4.00. The number of nitrogens with one attached hydrogen (secondary N) is 3. The molecular formula is C20H24FN3O2. The first-order valence-electron chi connectivity index (χ1n) is 8.58. The maximum Gasteiger partial charge on any atom is 0.239 e. The second kappa shape index (κ2) is 8.99. The molecule has 0 saturated heterocycles. The van der Waals surface area contributed by atoms with Gasteiger partial charge in [-0.3, -0.25) is 9.59 Å². The summed E-state index contributed by atoms with van der Waals surface area (Å²) in [7, 11) is 0. The van der Waals surface area contributed by atoms with E-state index in [1.807, 2.05) is 19.1 Å². The summed E-state index contributed by atoms with van der Waals surface area (Å²) in [6.45, 7) is 5.37. The fourth-order valence-electron chi connectivity index (χ4n) is 2.52. The van der Waals surface area contributed by atoms with E-state index in [1.165, 1.54) is 30.7 Å². The molecule has 0 fully saturated rings. The van der Waals surface area contributed by atoms with Crippen LogP contribution in [0.25, 0.3) is 0 Å². The Bertz CT molecular complexity index is 775. The molecule has 3 N–H and O–H groups in total. The lowest BCUT2D eigenvalue weighted by molar-refractivity contribution is -0.120. The number of carbonyl (C=O) groups is 2. The maximum absolute atomic E-state index is 13.6. The van der Waals surface area contributed by atoms with Gasteiger partial charge in [0.1, 0.15) is 5.82 Å². The molecule has 5 nitrogen and oxygen atoms in total. The molecule has 0 aromatic heterocycles. The van der Waals surface area contributed by atoms with Crippen molar-refractivity contribution < 1.29 is 14.0 Å². The molecule has 0 aliphatic heterocycles. The van der Waals surface area contributed by atoms with Crippen LogP contribution < -0.4 is 16.0 Å². The quantitative estimate of drug-likeness (QED) is 0.709. The highest BCUT2D eigenvalue weighted by Crippen LogP contribution is 2.19. The normalized spacial score (nSPS) is 11.5. The Morgan fingerprint density at radius 2 is 1.81 bits per heavy atom. The topological polar surface area (TPSA) is 70.2 Å². The average Bonchev–Trinajstić information content (AvgIpc) is 2.62. The van der Waals surface area contributed by atoms with Crippen molar-refractivity contribution in [3.63, 3.8) is 0 Å². The second-order valence-electron chi connectivity index (χ2n) is 6.11. The molecule has 2 aromatic carbocycles. The van der Waals surface area contributed by atoms with Crippen LogP contribution in [0.1, 0.15) is 37.9 Å². The monoisotopic (exact) mass is 357 g/mol. The van der Waals surface area contributed by atoms with Crippen molar-refractivity contribution in [2.45, 2.75) is 33.2 Å². The molecule has 2 amide bonds. The molecule has 26 heavy (non-hydrogen) atoms. The number of amides is 2. The number of hydrogen-bond donors (Lipinski definition) is 3. The minimum atomic E-state index is -0.528. The van der Waals surface area contributed by atoms with Gasteiger partial charge in [-0.25, -0.2) is 4.39 Å². The van der Waals surface area contributed by atoms with Gasteiger partial charge < -0.3 is 16.0 Å². The standard InChI is InChI=1S/C20H24FN3O2/c1-4-15-5-7-16(8-6-15)13(2)23-20(26)12-22-17-9-10-18(21)19(11-17)24-14(3)25/h5-11,13,22H,4,12H2,1-3H3,(H,23,26)(H,24,25)/t13-/m1/s1. The van der Waals surface area contributed by atoms with Gasteiger partial charge in [0, 0.05) is 12.6 Å². The number of benzene rings is 2. The summed E-state index contributed by atoms with van der Waals surface area (Å²) in [5.41, 5.74) is 2.91. The number of carbonyl (C=O) groups excluding carboxylic acids is 2. The fourth-order valence-corrected chi connectivity index (χ4v) is 2.52. The number of rotatable bonds is 7. The van der Waals surface area contributed by atoms with Crippen LogP contribution in [-0.4, -0.2) is 18.4 Å². The third kappa shape index (κ3) is 5.58. The zero-order valence-electron chi connectivity index (χ0n) is 15.2. The minimum absolute atomic E-state index is 0.0442. The molecule has 2 rings (SSSR count). The molecular weight excluding hydrogens is 333 g/mol. The number of aryl methyl sites for hydroxylation is 1. The molecule has 0 saturated carbocycles. The Morgan fingerprint density at radius 1 is 1.12 bits per heavy atom. The Balaban J connectivity index is 1.90. The van der Waals surface area contributed by atoms with Crippen LogP contribution in [0.5, 0.6) is 0 Å². The zero-order valence-corrected chi connectivity index (χ0v) is 15.2. The van der Waals surface area contributed by atoms with Crippen molar-refractivity contribution in [2.75, 3.05) is 17.2 Å². The Kier molecular flexibility index (Phi) is 6.72. The third-order valence-electron chi connectivity index (χ3n) is 4.00. The summed E-state index contributed by atoms with van der Waals surface area (Å²) < 4.78 is 13.6. The van der Waals surface area contributed by atoms with E-state index in [4.69, 9.17) is 0 Å². The lowest BCUT2D eigenvalue weighted by atomic mass is 10.1. The number of anilines is 2. The van der Waals surface area contributed by atoms with E-state index in [0.29, 0.717) is 5.69 Å². The Morgan fingerprint density at radius 3 is 2.42 bits per heavy atom. The van der Waals surface area contributed by atoms with Crippen molar-refractivity contribution in [2.24, 2.45) is 0 Å². The molecule has 0 radical (unpaired) electrons. The van der Waals surface area contributed by atoms with Gasteiger partial charge in [-0.05, 0) is 42.7 Å². The molecule has 138 valence electrons. The summed E-state index contributed by atoms with van der Waals surface area (Å²) in [5, 5.41) is 8.26. The first-order valence-corrected chi connectivity index (χ1v) is 8.58. The summed E-state index contributed by atoms with van der Waals surface area (Å²) in [6.07, 6.45) is 0.975. The Hall–Kier alpha value is -2.89. The van der Waals surface area contributed by atoms with E-state index in [0.717, 1.165) is 12.0 Å². The zero-order chi connectivity index (χ0) is 19.1. The highest BCUT2D eigenvalue weighted by Gasteiger charge is 2.10. The number of hydrogen-bond acceptors (Lipinski definition) is 3. The van der Waals surface area contributed by atoms with E-state index >= 15 is 0 Å². The molecule has 0 bridgehead atoms. The molecule has 0 unspecified atom stereocenters. The minimum Gasteiger partial charge on any atom is -0.376 e. The van der Waals surface area contributed by atoms with Crippen LogP contribution in [0.3, 0.4) is 0 Å². The second-order valence-corrected chi connectivity index (χ2v) is 6.11. The van der Waals surface area contributed by atoms with Crippen molar-refractivity contribution in [3.8, 4) is 0 Å². The van der Waals surface area contributed by atoms with Crippen LogP contribution in [0.15, 0.2) is 42.5 Å². The molecule has 0 aliphatic rings. The molecule has 0 heterocycles. The van der Waals surface area contributed by atoms with E-state index in [9.17, 15) is 14.0 Å². The van der Waals surface area contributed by atoms with Crippen LogP contribution in [0.2, 0.25) is 0 Å². The smallest absolute Gasteiger partial charge is 0.239 e. The lowest BCUT2D eigenvalue weighted by Gasteiger charge is -2.16. The van der Waals surface area contributed by atoms with Gasteiger partial charge in [-0.2, -0.15) is 0 Å². The van der Waals surface area contributed by atoms with E-state index in [1.54, 1.807) is 0 Å². The van der Waals surface area contributed by atoms with Crippen LogP contribution in [0.4, 0.5) is 15.8 Å². The summed E-state index contributed by atoms with van der Waals surface area (Å²) >= 11 is 0. The van der Waals surface area contributed by atoms with Crippen LogP contribution >= 0.6 is 0 Å². The number of halogens is 1. The first-order chi connectivity index (χ1) is 12.4. The first kappa shape index (κ1) is 19.4. The van der Waals surface area contributed by atoms with Crippen molar-refractivity contribution in [1.82, 2.24) is 5.32 Å². The van der Waals surface area contributed by atoms with Gasteiger partial charge in [0.15, 0.2) is 0 Å². The van der Waals surface area contributed by atoms with Gasteiger partial charge in [0.05, 0.1) is 18.3 Å². The highest BCUT2D eigenvalue weighted by molar-refractivity contribution is 5.89. The average molecular weight is 357 g/mol. The molecule has 0 aliphatic carbocycles. The van der Waals surface area contributed by atoms with E-state index in [2.05, 4.69) is 35.0 Å². The van der Waals surface area contributed by atoms with Crippen molar-refractivity contribution >= 4 is 23.2 Å². The summed E-state index contributed by atoms with van der Waals surface area (Å²) in [6, 6.07) is 12.2. The molecule has 6 heteroatoms. The Labute approximate surface area is 153 Å². The predicted octanol–water partition coefficient (Wildman–Crippen LogP) is 3.64. The van der Waals surface area contributed by atoms with Crippen LogP contribution in [-0.2, 0) is 16.0 Å². The van der Waals surface area contributed by atoms with Gasteiger partial charge in [0.2, 0.25) is 11.8 Å². The maximum atomic E-state index is 13.6. The lowest BCUT2D eigenvalue weighted by Crippen LogP contribution is -2.32. The fraction of sp³-hybridized carbons (Fsp3) is 0.300. The summed E-state index contributed by atoms with van der Waals surface area (Å²) in [5.74, 6) is -1.07. The molecule has 2 aromatic rings. The van der Waals surface area contributed by atoms with Gasteiger partial charge in [-0.1, -0.05) is 31.2 Å². The van der Waals surface area contributed by atoms with Gasteiger partial charge in [0.25, 0.3) is 0 Å². The molecule has 1 atom stereocenters. The van der Waals surface area contributed by atoms with Crippen molar-refractivity contribution in [3.05, 3.63) is 59.4 Å². The van der Waals surface area contributed by atoms with Gasteiger partial charge >= 0.3 is 0 Å². The van der Waals surface area contributed by atoms with Crippen LogP contribution in [0, 0.1) is 5.82 Å². The molecule has 0 spiro atoms. The largest absolute Gasteiger partial charge is 0.376 e.